The highest BCUT2D eigenvalue weighted by Crippen LogP contribution is 2.46. The molecule has 0 unspecified atom stereocenters. The zero-order chi connectivity index (χ0) is 28.6. The Labute approximate surface area is 231 Å². The third-order valence-electron chi connectivity index (χ3n) is 8.44. The third kappa shape index (κ3) is 6.58. The summed E-state index contributed by atoms with van der Waals surface area (Å²) in [7, 11) is -2.09. The quantitative estimate of drug-likeness (QED) is 0.443. The molecule has 39 heavy (non-hydrogen) atoms. The van der Waals surface area contributed by atoms with Crippen LogP contribution < -0.4 is 15.4 Å². The lowest BCUT2D eigenvalue weighted by Gasteiger charge is -2.35. The van der Waals surface area contributed by atoms with E-state index in [1.807, 2.05) is 32.9 Å². The van der Waals surface area contributed by atoms with Gasteiger partial charge in [0.15, 0.2) is 0 Å². The first-order chi connectivity index (χ1) is 18.3. The van der Waals surface area contributed by atoms with Gasteiger partial charge in [0.25, 0.3) is 5.91 Å². The zero-order valence-corrected chi connectivity index (χ0v) is 24.3. The van der Waals surface area contributed by atoms with Crippen LogP contribution in [0.3, 0.4) is 0 Å². The second-order valence-corrected chi connectivity index (χ2v) is 14.4. The van der Waals surface area contributed by atoms with E-state index in [1.54, 1.807) is 11.9 Å². The molecule has 0 aromatic rings. The van der Waals surface area contributed by atoms with Gasteiger partial charge in [0, 0.05) is 25.0 Å². The highest BCUT2D eigenvalue weighted by atomic mass is 32.2. The predicted octanol–water partition coefficient (Wildman–Crippen LogP) is 1.79. The molecule has 12 heteroatoms. The minimum Gasteiger partial charge on any atom is -0.339 e. The van der Waals surface area contributed by atoms with Gasteiger partial charge < -0.3 is 20.4 Å². The van der Waals surface area contributed by atoms with E-state index in [4.69, 9.17) is 0 Å². The molecule has 4 aliphatic rings. The number of nitrogens with one attached hydrogen (secondary N) is 3. The molecule has 4 atom stereocenters. The molecule has 0 aromatic carbocycles. The maximum absolute atomic E-state index is 13.7. The van der Waals surface area contributed by atoms with Gasteiger partial charge in [-0.1, -0.05) is 25.0 Å². The molecule has 1 saturated heterocycles. The summed E-state index contributed by atoms with van der Waals surface area (Å²) in [4.78, 5) is 56.6. The van der Waals surface area contributed by atoms with Crippen molar-refractivity contribution in [1.82, 2.24) is 25.2 Å². The maximum atomic E-state index is 13.7. The summed E-state index contributed by atoms with van der Waals surface area (Å²) in [6.45, 7) is 6.10. The van der Waals surface area contributed by atoms with Crippen LogP contribution in [0.15, 0.2) is 12.2 Å². The van der Waals surface area contributed by atoms with Crippen molar-refractivity contribution in [3.63, 3.8) is 0 Å². The summed E-state index contributed by atoms with van der Waals surface area (Å²) in [6.07, 6.45) is 9.95. The average Bonchev–Trinajstić information content (AvgIpc) is 3.77. The molecule has 2 heterocycles. The van der Waals surface area contributed by atoms with Crippen LogP contribution in [0.2, 0.25) is 0 Å². The average molecular weight is 566 g/mol. The van der Waals surface area contributed by atoms with Gasteiger partial charge in [-0.2, -0.15) is 0 Å². The number of carbonyl (C=O) groups excluding carboxylic acids is 4. The number of fused-ring (bicyclic) bond motifs is 2. The summed E-state index contributed by atoms with van der Waals surface area (Å²) in [5.41, 5.74) is -1.78. The number of carbonyl (C=O) groups is 4. The smallest absolute Gasteiger partial charge is 0.318 e. The lowest BCUT2D eigenvalue weighted by atomic mass is 10.0. The Morgan fingerprint density at radius 2 is 1.79 bits per heavy atom. The van der Waals surface area contributed by atoms with E-state index < -0.39 is 50.2 Å². The Bertz CT molecular complexity index is 1130. The minimum atomic E-state index is -3.78. The number of nitrogens with zero attached hydrogens (tertiary/aromatic N) is 2. The molecule has 0 aromatic heterocycles. The van der Waals surface area contributed by atoms with Crippen molar-refractivity contribution in [2.75, 3.05) is 13.6 Å². The molecule has 0 spiro atoms. The van der Waals surface area contributed by atoms with Crippen LogP contribution in [0.4, 0.5) is 4.79 Å². The Morgan fingerprint density at radius 1 is 1.08 bits per heavy atom. The van der Waals surface area contributed by atoms with Crippen LogP contribution in [0.5, 0.6) is 0 Å². The van der Waals surface area contributed by atoms with Crippen molar-refractivity contribution in [1.29, 1.82) is 0 Å². The Hall–Kier alpha value is -2.63. The van der Waals surface area contributed by atoms with Crippen LogP contribution in [-0.2, 0) is 24.4 Å². The molecule has 11 nitrogen and oxygen atoms in total. The van der Waals surface area contributed by atoms with Crippen LogP contribution in [-0.4, -0.2) is 84.0 Å². The fraction of sp³-hybridized carbons (Fsp3) is 0.778. The van der Waals surface area contributed by atoms with Crippen molar-refractivity contribution < 1.29 is 27.6 Å². The van der Waals surface area contributed by atoms with Gasteiger partial charge in [-0.3, -0.25) is 19.1 Å². The fourth-order valence-corrected chi connectivity index (χ4v) is 6.69. The van der Waals surface area contributed by atoms with Gasteiger partial charge >= 0.3 is 6.03 Å². The maximum Gasteiger partial charge on any atom is 0.318 e. The molecule has 3 N–H and O–H groups in total. The Morgan fingerprint density at radius 3 is 2.46 bits per heavy atom. The summed E-state index contributed by atoms with van der Waals surface area (Å²) in [5.74, 6) is -1.81. The lowest BCUT2D eigenvalue weighted by Crippen LogP contribution is -2.59. The van der Waals surface area contributed by atoms with E-state index in [1.165, 1.54) is 4.90 Å². The van der Waals surface area contributed by atoms with Crippen molar-refractivity contribution in [3.8, 4) is 0 Å². The van der Waals surface area contributed by atoms with Crippen LogP contribution in [0.1, 0.15) is 85.0 Å². The number of urea groups is 1. The molecule has 4 rings (SSSR count). The highest BCUT2D eigenvalue weighted by molar-refractivity contribution is 7.91. The molecule has 2 saturated carbocycles. The number of hydrogen-bond donors (Lipinski definition) is 3. The molecule has 3 fully saturated rings. The Balaban J connectivity index is 1.55. The first-order valence-electron chi connectivity index (χ1n) is 14.2. The van der Waals surface area contributed by atoms with Crippen molar-refractivity contribution in [2.45, 2.75) is 113 Å². The van der Waals surface area contributed by atoms with E-state index in [0.29, 0.717) is 45.1 Å². The van der Waals surface area contributed by atoms with Gasteiger partial charge in [-0.25, -0.2) is 13.2 Å². The second kappa shape index (κ2) is 11.1. The van der Waals surface area contributed by atoms with Crippen LogP contribution >= 0.6 is 0 Å². The standard InChI is InChI=1S/C27H43N5O6S/c1-26(2,3)31(4)25(36)28-20-12-9-7-5-6-8-11-18-17-27(18,24(35)30-39(37,38)19-14-15-19)29-22(33)21-13-10-16-32(21)23(20)34/h8,11,18-21H,5-7,9-10,12-17H2,1-4H3,(H,28,36)(H,29,33)(H,30,35)/b11-8-/t18-,20+,21+,27-/m1/s1. The molecule has 218 valence electrons. The summed E-state index contributed by atoms with van der Waals surface area (Å²) in [5, 5.41) is 5.19. The van der Waals surface area contributed by atoms with Gasteiger partial charge in [0.1, 0.15) is 17.6 Å². The zero-order valence-electron chi connectivity index (χ0n) is 23.5. The summed E-state index contributed by atoms with van der Waals surface area (Å²) < 4.78 is 27.2. The molecular formula is C27H43N5O6S. The van der Waals surface area contributed by atoms with E-state index >= 15 is 0 Å². The van der Waals surface area contributed by atoms with Crippen LogP contribution in [0.25, 0.3) is 0 Å². The number of allylic oxidation sites excluding steroid dienone is 1. The topological polar surface area (TPSA) is 145 Å². The fourth-order valence-electron chi connectivity index (χ4n) is 5.33. The summed E-state index contributed by atoms with van der Waals surface area (Å²) >= 11 is 0. The second-order valence-electron chi connectivity index (χ2n) is 12.4. The van der Waals surface area contributed by atoms with Gasteiger partial charge in [-0.05, 0) is 72.1 Å². The molecule has 0 bridgehead atoms. The van der Waals surface area contributed by atoms with E-state index in [9.17, 15) is 27.6 Å². The van der Waals surface area contributed by atoms with Gasteiger partial charge in [0.2, 0.25) is 21.8 Å². The normalized spacial score (nSPS) is 31.1. The van der Waals surface area contributed by atoms with Crippen molar-refractivity contribution in [3.05, 3.63) is 12.2 Å². The van der Waals surface area contributed by atoms with Crippen molar-refractivity contribution >= 4 is 33.8 Å². The molecule has 5 amide bonds. The number of amides is 5. The molecule has 2 aliphatic carbocycles. The number of hydrogen-bond acceptors (Lipinski definition) is 6. The highest BCUT2D eigenvalue weighted by Gasteiger charge is 2.61. The minimum absolute atomic E-state index is 0.305. The van der Waals surface area contributed by atoms with E-state index in [0.717, 1.165) is 25.7 Å². The Kier molecular flexibility index (Phi) is 8.35. The number of rotatable bonds is 4. The SMILES string of the molecule is CN(C(=O)N[C@H]1CCCCC/C=C\[C@@H]2C[C@@]2(C(=O)NS(=O)(=O)C2CC2)NC(=O)[C@@H]2CCCN2C1=O)C(C)(C)C. The van der Waals surface area contributed by atoms with Gasteiger partial charge in [0.05, 0.1) is 5.25 Å². The molecular weight excluding hydrogens is 522 g/mol. The number of sulfonamides is 1. The third-order valence-corrected chi connectivity index (χ3v) is 10.3. The summed E-state index contributed by atoms with van der Waals surface area (Å²) in [6, 6.07) is -1.92. The lowest BCUT2D eigenvalue weighted by molar-refractivity contribution is -0.141. The molecule has 0 radical (unpaired) electrons. The first kappa shape index (κ1) is 29.4. The monoisotopic (exact) mass is 565 g/mol. The van der Waals surface area contributed by atoms with Gasteiger partial charge in [-0.15, -0.1) is 0 Å². The van der Waals surface area contributed by atoms with Crippen LogP contribution in [0, 0.1) is 5.92 Å². The van der Waals surface area contributed by atoms with E-state index in [2.05, 4.69) is 15.4 Å². The first-order valence-corrected chi connectivity index (χ1v) is 15.7. The predicted molar refractivity (Wildman–Crippen MR) is 146 cm³/mol. The largest absolute Gasteiger partial charge is 0.339 e. The van der Waals surface area contributed by atoms with Crippen molar-refractivity contribution in [2.24, 2.45) is 5.92 Å². The van der Waals surface area contributed by atoms with E-state index in [-0.39, 0.29) is 17.9 Å². The molecule has 2 aliphatic heterocycles.